The van der Waals surface area contributed by atoms with Crippen LogP contribution in [0, 0.1) is 0 Å². The van der Waals surface area contributed by atoms with Crippen LogP contribution in [-0.4, -0.2) is 57.2 Å². The van der Waals surface area contributed by atoms with Crippen LogP contribution in [0.4, 0.5) is 0 Å². The van der Waals surface area contributed by atoms with E-state index >= 15 is 0 Å². The molecule has 0 saturated heterocycles. The van der Waals surface area contributed by atoms with Crippen molar-refractivity contribution in [2.45, 2.75) is 7.43 Å². The Hall–Kier alpha value is 0.714. The fraction of sp³-hybridized carbons (Fsp3) is 0.714. The molecule has 0 spiro atoms. The summed E-state index contributed by atoms with van der Waals surface area (Å²) in [4.78, 5) is 31.8. The molecule has 0 aliphatic rings. The first-order valence-corrected chi connectivity index (χ1v) is 10.3. The van der Waals surface area contributed by atoms with Crippen molar-refractivity contribution in [3.8, 4) is 0 Å². The van der Waals surface area contributed by atoms with Crippen molar-refractivity contribution < 1.29 is 87.4 Å². The zero-order valence-electron chi connectivity index (χ0n) is 13.1. The van der Waals surface area contributed by atoms with Gasteiger partial charge < -0.3 is 29.8 Å². The van der Waals surface area contributed by atoms with Crippen LogP contribution >= 0.6 is 32.2 Å². The van der Waals surface area contributed by atoms with Gasteiger partial charge in [-0.05, 0) is 8.62 Å². The Kier molecular flexibility index (Phi) is 40.7. The van der Waals surface area contributed by atoms with Gasteiger partial charge in [-0.3, -0.25) is 0 Å². The molecule has 2 atom stereocenters. The van der Waals surface area contributed by atoms with Crippen LogP contribution in [0.3, 0.4) is 0 Å². The summed E-state index contributed by atoms with van der Waals surface area (Å²) in [7, 11) is -12.6. The summed E-state index contributed by atoms with van der Waals surface area (Å²) in [6, 6.07) is 0. The summed E-state index contributed by atoms with van der Waals surface area (Å²) in [6.07, 6.45) is 0. The molecule has 0 aliphatic heterocycles. The van der Waals surface area contributed by atoms with E-state index in [2.05, 4.69) is 30.8 Å². The zero-order chi connectivity index (χ0) is 20.4. The molecule has 0 rings (SSSR count). The molecule has 26 heavy (non-hydrogen) atoms. The molecule has 2 unspecified atom stereocenters. The first-order valence-electron chi connectivity index (χ1n) is 5.07. The topological polar surface area (TPSA) is 227 Å². The van der Waals surface area contributed by atoms with Gasteiger partial charge in [-0.25, -0.2) is 9.13 Å². The van der Waals surface area contributed by atoms with Gasteiger partial charge in [-0.15, -0.1) is 22.2 Å². The number of rotatable bonds is 7. The standard InChI is InChI=1S/C2H6O2.C2H4.2CH4O6P2.CH4.Ti/c3-1-2-4;1-2;2*1-6-8(2)7-9(3,4)5;;/h3-4H,1-2H2;1-2H2;2*1H3,(H-,3,4,5);1H4;/p+2. The fourth-order valence-corrected chi connectivity index (χ4v) is 2.16. The van der Waals surface area contributed by atoms with Gasteiger partial charge in [-0.1, -0.05) is 7.43 Å². The Morgan fingerprint density at radius 3 is 1.04 bits per heavy atom. The first kappa shape index (κ1) is 41.2. The smallest absolute Gasteiger partial charge is 0.394 e. The molecule has 0 bridgehead atoms. The van der Waals surface area contributed by atoms with E-state index in [1.807, 2.05) is 0 Å². The first-order chi connectivity index (χ1) is 10.8. The number of aliphatic hydroxyl groups excluding tert-OH is 2. The van der Waals surface area contributed by atoms with Crippen molar-refractivity contribution in [1.82, 2.24) is 0 Å². The van der Waals surface area contributed by atoms with Crippen molar-refractivity contribution in [3.05, 3.63) is 13.2 Å². The molecule has 14 nitrogen and oxygen atoms in total. The maximum Gasteiger partial charge on any atom is 0.708 e. The molecule has 0 aromatic rings. The molecule has 6 N–H and O–H groups in total. The normalized spacial score (nSPS) is 10.6. The van der Waals surface area contributed by atoms with E-state index in [9.17, 15) is 18.3 Å². The van der Waals surface area contributed by atoms with Crippen LogP contribution in [0.25, 0.3) is 0 Å². The molecule has 0 aromatic heterocycles. The monoisotopic (exact) mass is 504 g/mol. The van der Waals surface area contributed by atoms with Gasteiger partial charge in [0.05, 0.1) is 27.4 Å². The van der Waals surface area contributed by atoms with E-state index in [1.54, 1.807) is 0 Å². The van der Waals surface area contributed by atoms with Crippen molar-refractivity contribution >= 4 is 32.2 Å². The predicted molar refractivity (Wildman–Crippen MR) is 87.6 cm³/mol. The minimum Gasteiger partial charge on any atom is -0.394 e. The van der Waals surface area contributed by atoms with Crippen molar-refractivity contribution in [1.29, 1.82) is 0 Å². The second-order valence-corrected chi connectivity index (χ2v) is 7.30. The van der Waals surface area contributed by atoms with E-state index in [-0.39, 0.29) is 42.4 Å². The van der Waals surface area contributed by atoms with Crippen molar-refractivity contribution in [2.75, 3.05) is 27.4 Å². The second-order valence-electron chi connectivity index (χ2n) is 2.40. The molecule has 19 heteroatoms. The van der Waals surface area contributed by atoms with Crippen LogP contribution < -0.4 is 0 Å². The molecule has 0 aromatic carbocycles. The minimum absolute atomic E-state index is 0. The quantitative estimate of drug-likeness (QED) is 0.163. The summed E-state index contributed by atoms with van der Waals surface area (Å²) in [5, 5.41) is 15.2. The SMILES string of the molecule is C.C=C.CO[P+](=O)OP(=O)(O)O.CO[P+](=O)OP(=O)(O)O.OCCO.[Ti]. The van der Waals surface area contributed by atoms with Crippen molar-refractivity contribution in [3.63, 3.8) is 0 Å². The maximum atomic E-state index is 10.0. The van der Waals surface area contributed by atoms with Crippen LogP contribution in [0.5, 0.6) is 0 Å². The summed E-state index contributed by atoms with van der Waals surface area (Å²) in [6.45, 7) is 5.75. The van der Waals surface area contributed by atoms with E-state index in [0.29, 0.717) is 0 Å². The van der Waals surface area contributed by atoms with E-state index in [1.165, 1.54) is 0 Å². The Morgan fingerprint density at radius 2 is 1.00 bits per heavy atom. The summed E-state index contributed by atoms with van der Waals surface area (Å²) in [5.74, 6) is 0. The van der Waals surface area contributed by atoms with E-state index in [4.69, 9.17) is 29.8 Å². The Labute approximate surface area is 167 Å². The van der Waals surface area contributed by atoms with Crippen LogP contribution in [-0.2, 0) is 57.6 Å². The van der Waals surface area contributed by atoms with E-state index < -0.39 is 32.2 Å². The van der Waals surface area contributed by atoms with Gasteiger partial charge in [0.1, 0.15) is 0 Å². The number of aliphatic hydroxyl groups is 2. The zero-order valence-corrected chi connectivity index (χ0v) is 18.2. The average Bonchev–Trinajstić information content (AvgIpc) is 2.46. The Morgan fingerprint density at radius 1 is 0.808 bits per heavy atom. The molecule has 0 amide bonds. The second kappa shape index (κ2) is 25.7. The Balaban J connectivity index is -0.0000000560. The molecule has 0 heterocycles. The van der Waals surface area contributed by atoms with Crippen LogP contribution in [0.2, 0.25) is 0 Å². The maximum absolute atomic E-state index is 10.0. The van der Waals surface area contributed by atoms with Gasteiger partial charge in [0.25, 0.3) is 0 Å². The summed E-state index contributed by atoms with van der Waals surface area (Å²) >= 11 is 0. The third-order valence-electron chi connectivity index (χ3n) is 0.744. The van der Waals surface area contributed by atoms with Crippen LogP contribution in [0.1, 0.15) is 7.43 Å². The van der Waals surface area contributed by atoms with Gasteiger partial charge in [0.15, 0.2) is 0 Å². The molecule has 0 saturated carbocycles. The molecular formula is C7H24O14P4Ti+2. The summed E-state index contributed by atoms with van der Waals surface area (Å²) in [5.41, 5.74) is 0. The van der Waals surface area contributed by atoms with Gasteiger partial charge in [0, 0.05) is 30.8 Å². The average molecular weight is 504 g/mol. The minimum atomic E-state index is -4.65. The molecule has 0 fully saturated rings. The van der Waals surface area contributed by atoms with Gasteiger partial charge in [0.2, 0.25) is 0 Å². The van der Waals surface area contributed by atoms with Gasteiger partial charge in [-0.2, -0.15) is 0 Å². The number of hydrogen-bond acceptors (Lipinski definition) is 10. The van der Waals surface area contributed by atoms with E-state index in [0.717, 1.165) is 14.2 Å². The molecule has 0 aliphatic carbocycles. The third kappa shape index (κ3) is 56.3. The predicted octanol–water partition coefficient (Wildman–Crippen LogP) is 1.21. The largest absolute Gasteiger partial charge is 0.708 e. The number of hydrogen-bond donors (Lipinski definition) is 6. The van der Waals surface area contributed by atoms with Crippen molar-refractivity contribution in [2.24, 2.45) is 0 Å². The Bertz CT molecular complexity index is 384. The number of phosphoric acid groups is 2. The molecule has 158 valence electrons. The summed E-state index contributed by atoms with van der Waals surface area (Å²) < 4.78 is 54.6. The molecule has 0 radical (unpaired) electrons. The fourth-order valence-electron chi connectivity index (χ4n) is 0.240. The molecular weight excluding hydrogens is 480 g/mol. The third-order valence-corrected chi connectivity index (χ3v) is 4.11. The van der Waals surface area contributed by atoms with Gasteiger partial charge >= 0.3 is 32.2 Å². The van der Waals surface area contributed by atoms with Crippen LogP contribution in [0.15, 0.2) is 13.2 Å².